The molecule has 0 aromatic heterocycles. The van der Waals surface area contributed by atoms with Crippen LogP contribution in [0.25, 0.3) is 0 Å². The highest BCUT2D eigenvalue weighted by Crippen LogP contribution is 2.24. The van der Waals surface area contributed by atoms with E-state index in [9.17, 15) is 14.0 Å². The van der Waals surface area contributed by atoms with Gasteiger partial charge in [0.15, 0.2) is 6.10 Å². The molecule has 3 atom stereocenters. The predicted octanol–water partition coefficient (Wildman–Crippen LogP) is 3.65. The molecule has 1 aliphatic carbocycles. The lowest BCUT2D eigenvalue weighted by Gasteiger charge is -2.30. The van der Waals surface area contributed by atoms with Crippen LogP contribution < -0.4 is 5.32 Å². The minimum atomic E-state index is -0.919. The van der Waals surface area contributed by atoms with Crippen LogP contribution in [-0.4, -0.2) is 24.0 Å². The maximum absolute atomic E-state index is 13.7. The van der Waals surface area contributed by atoms with Gasteiger partial charge in [-0.15, -0.1) is 0 Å². The highest BCUT2D eigenvalue weighted by atomic mass is 35.5. The van der Waals surface area contributed by atoms with E-state index >= 15 is 0 Å². The quantitative estimate of drug-likeness (QED) is 0.820. The van der Waals surface area contributed by atoms with Crippen molar-refractivity contribution in [3.05, 3.63) is 34.6 Å². The minimum absolute atomic E-state index is 0.0812. The van der Waals surface area contributed by atoms with Gasteiger partial charge >= 0.3 is 5.97 Å². The molecular formula is C18H23ClFNO3. The van der Waals surface area contributed by atoms with E-state index in [0.29, 0.717) is 5.92 Å². The smallest absolute Gasteiger partial charge is 0.311 e. The number of carbonyl (C=O) groups is 2. The fourth-order valence-corrected chi connectivity index (χ4v) is 3.20. The molecule has 1 aromatic rings. The van der Waals surface area contributed by atoms with Crippen molar-refractivity contribution in [1.82, 2.24) is 5.32 Å². The van der Waals surface area contributed by atoms with E-state index in [0.717, 1.165) is 19.3 Å². The first-order valence-corrected chi connectivity index (χ1v) is 8.69. The highest BCUT2D eigenvalue weighted by molar-refractivity contribution is 6.31. The van der Waals surface area contributed by atoms with Gasteiger partial charge in [0.25, 0.3) is 5.91 Å². The molecule has 0 unspecified atom stereocenters. The number of halogens is 2. The molecule has 24 heavy (non-hydrogen) atoms. The maximum atomic E-state index is 13.7. The Kier molecular flexibility index (Phi) is 6.60. The van der Waals surface area contributed by atoms with E-state index in [1.54, 1.807) is 0 Å². The van der Waals surface area contributed by atoms with Crippen LogP contribution in [0.2, 0.25) is 5.02 Å². The van der Waals surface area contributed by atoms with Crippen molar-refractivity contribution in [2.75, 3.05) is 0 Å². The monoisotopic (exact) mass is 355 g/mol. The van der Waals surface area contributed by atoms with Crippen LogP contribution >= 0.6 is 11.6 Å². The Balaban J connectivity index is 1.87. The van der Waals surface area contributed by atoms with Crippen LogP contribution in [0, 0.1) is 11.7 Å². The molecule has 1 fully saturated rings. The molecule has 6 heteroatoms. The topological polar surface area (TPSA) is 55.4 Å². The Hall–Kier alpha value is -1.62. The number of hydrogen-bond acceptors (Lipinski definition) is 3. The summed E-state index contributed by atoms with van der Waals surface area (Å²) in [6.07, 6.45) is 3.08. The Labute approximate surface area is 146 Å². The molecule has 1 aliphatic rings. The summed E-state index contributed by atoms with van der Waals surface area (Å²) in [6.45, 7) is 3.63. The molecule has 1 amide bonds. The van der Waals surface area contributed by atoms with Crippen molar-refractivity contribution < 1.29 is 18.7 Å². The summed E-state index contributed by atoms with van der Waals surface area (Å²) >= 11 is 5.89. The van der Waals surface area contributed by atoms with Gasteiger partial charge in [0.05, 0.1) is 6.42 Å². The zero-order chi connectivity index (χ0) is 17.7. The van der Waals surface area contributed by atoms with Gasteiger partial charge in [-0.2, -0.15) is 0 Å². The van der Waals surface area contributed by atoms with Crippen molar-refractivity contribution >= 4 is 23.5 Å². The van der Waals surface area contributed by atoms with Gasteiger partial charge in [-0.1, -0.05) is 37.4 Å². The second-order valence-electron chi connectivity index (χ2n) is 6.39. The first kappa shape index (κ1) is 18.7. The number of carbonyl (C=O) groups excluding carboxylic acids is 2. The lowest BCUT2D eigenvalue weighted by Crippen LogP contribution is -2.46. The summed E-state index contributed by atoms with van der Waals surface area (Å²) in [5, 5.41) is 3.11. The summed E-state index contributed by atoms with van der Waals surface area (Å²) in [5.74, 6) is -1.14. The van der Waals surface area contributed by atoms with Crippen LogP contribution in [-0.2, 0) is 20.7 Å². The summed E-state index contributed by atoms with van der Waals surface area (Å²) in [5.41, 5.74) is 0.0812. The van der Waals surface area contributed by atoms with Gasteiger partial charge in [-0.05, 0) is 37.8 Å². The predicted molar refractivity (Wildman–Crippen MR) is 90.2 cm³/mol. The lowest BCUT2D eigenvalue weighted by atomic mass is 9.86. The van der Waals surface area contributed by atoms with Gasteiger partial charge in [-0.3, -0.25) is 9.59 Å². The Morgan fingerprint density at radius 3 is 2.75 bits per heavy atom. The lowest BCUT2D eigenvalue weighted by molar-refractivity contribution is -0.154. The third kappa shape index (κ3) is 4.94. The molecule has 4 nitrogen and oxygen atoms in total. The van der Waals surface area contributed by atoms with Crippen LogP contribution in [0.3, 0.4) is 0 Å². The van der Waals surface area contributed by atoms with E-state index in [1.807, 2.05) is 0 Å². The van der Waals surface area contributed by atoms with Gasteiger partial charge < -0.3 is 10.1 Å². The molecule has 0 aliphatic heterocycles. The molecule has 0 bridgehead atoms. The minimum Gasteiger partial charge on any atom is -0.452 e. The second-order valence-corrected chi connectivity index (χ2v) is 6.79. The largest absolute Gasteiger partial charge is 0.452 e. The van der Waals surface area contributed by atoms with Gasteiger partial charge in [0.1, 0.15) is 5.82 Å². The zero-order valence-electron chi connectivity index (χ0n) is 14.0. The molecule has 2 rings (SSSR count). The zero-order valence-corrected chi connectivity index (χ0v) is 14.7. The van der Waals surface area contributed by atoms with Crippen LogP contribution in [0.4, 0.5) is 4.39 Å². The summed E-state index contributed by atoms with van der Waals surface area (Å²) in [7, 11) is 0. The second kappa shape index (κ2) is 8.47. The van der Waals surface area contributed by atoms with Gasteiger partial charge in [-0.25, -0.2) is 4.39 Å². The van der Waals surface area contributed by atoms with Crippen LogP contribution in [0.5, 0.6) is 0 Å². The van der Waals surface area contributed by atoms with E-state index in [-0.39, 0.29) is 29.0 Å². The van der Waals surface area contributed by atoms with Crippen molar-refractivity contribution in [2.45, 2.75) is 58.1 Å². The number of nitrogens with one attached hydrogen (secondary N) is 1. The molecule has 1 N–H and O–H groups in total. The SMILES string of the molecule is C[C@@H](OC(=O)Cc1c(F)cccc1Cl)C(=O)N[C@@H]1CCCC[C@@H]1C. The maximum Gasteiger partial charge on any atom is 0.311 e. The number of amides is 1. The molecule has 0 spiro atoms. The molecule has 1 aromatic carbocycles. The fraction of sp³-hybridized carbons (Fsp3) is 0.556. The van der Waals surface area contributed by atoms with Gasteiger partial charge in [0.2, 0.25) is 0 Å². The summed E-state index contributed by atoms with van der Waals surface area (Å²) in [4.78, 5) is 24.2. The first-order chi connectivity index (χ1) is 11.4. The van der Waals surface area contributed by atoms with Crippen molar-refractivity contribution in [2.24, 2.45) is 5.92 Å². The molecule has 0 heterocycles. The molecular weight excluding hydrogens is 333 g/mol. The molecule has 0 radical (unpaired) electrons. The average molecular weight is 356 g/mol. The average Bonchev–Trinajstić information content (AvgIpc) is 2.53. The van der Waals surface area contributed by atoms with Crippen LogP contribution in [0.1, 0.15) is 45.1 Å². The number of rotatable bonds is 5. The normalized spacial score (nSPS) is 21.8. The van der Waals surface area contributed by atoms with Crippen molar-refractivity contribution in [3.8, 4) is 0 Å². The van der Waals surface area contributed by atoms with E-state index in [1.165, 1.54) is 31.5 Å². The number of benzene rings is 1. The van der Waals surface area contributed by atoms with E-state index < -0.39 is 17.9 Å². The first-order valence-electron chi connectivity index (χ1n) is 8.31. The standard InChI is InChI=1S/C18H23ClFNO3/c1-11-6-3-4-9-16(11)21-18(23)12(2)24-17(22)10-13-14(19)7-5-8-15(13)20/h5,7-8,11-12,16H,3-4,6,9-10H2,1-2H3,(H,21,23)/t11-,12+,16+/m0/s1. The molecule has 132 valence electrons. The van der Waals surface area contributed by atoms with Gasteiger partial charge in [0, 0.05) is 16.6 Å². The highest BCUT2D eigenvalue weighted by Gasteiger charge is 2.26. The Morgan fingerprint density at radius 1 is 1.38 bits per heavy atom. The molecule has 1 saturated carbocycles. The van der Waals surface area contributed by atoms with E-state index in [4.69, 9.17) is 16.3 Å². The van der Waals surface area contributed by atoms with E-state index in [2.05, 4.69) is 12.2 Å². The summed E-state index contributed by atoms with van der Waals surface area (Å²) in [6, 6.07) is 4.32. The number of hydrogen-bond donors (Lipinski definition) is 1. The van der Waals surface area contributed by atoms with Crippen LogP contribution in [0.15, 0.2) is 18.2 Å². The van der Waals surface area contributed by atoms with Crippen molar-refractivity contribution in [1.29, 1.82) is 0 Å². The number of esters is 1. The Morgan fingerprint density at radius 2 is 2.08 bits per heavy atom. The summed E-state index contributed by atoms with van der Waals surface area (Å²) < 4.78 is 18.8. The Bertz CT molecular complexity index is 588. The molecule has 0 saturated heterocycles. The third-order valence-electron chi connectivity index (χ3n) is 4.50. The van der Waals surface area contributed by atoms with Crippen molar-refractivity contribution in [3.63, 3.8) is 0 Å². The third-order valence-corrected chi connectivity index (χ3v) is 4.85. The number of ether oxygens (including phenoxy) is 1. The fourth-order valence-electron chi connectivity index (χ4n) is 2.97.